The zero-order valence-electron chi connectivity index (χ0n) is 10.8. The molecule has 2 fully saturated rings. The monoisotopic (exact) mass is 224 g/mol. The van der Waals surface area contributed by atoms with Gasteiger partial charge in [-0.05, 0) is 38.6 Å². The Balaban J connectivity index is 1.91. The molecule has 2 rings (SSSR count). The third kappa shape index (κ3) is 2.98. The molecule has 2 heteroatoms. The Kier molecular flexibility index (Phi) is 4.66. The van der Waals surface area contributed by atoms with Crippen molar-refractivity contribution in [2.24, 2.45) is 5.73 Å². The second-order valence-electron chi connectivity index (χ2n) is 5.70. The Morgan fingerprint density at radius 1 is 0.938 bits per heavy atom. The molecular weight excluding hydrogens is 196 g/mol. The minimum absolute atomic E-state index is 0.469. The lowest BCUT2D eigenvalue weighted by Gasteiger charge is -2.42. The molecule has 2 nitrogen and oxygen atoms in total. The van der Waals surface area contributed by atoms with Gasteiger partial charge in [-0.15, -0.1) is 0 Å². The van der Waals surface area contributed by atoms with Gasteiger partial charge in [0, 0.05) is 18.1 Å². The maximum Gasteiger partial charge on any atom is 0.0113 e. The van der Waals surface area contributed by atoms with Crippen molar-refractivity contribution in [3.63, 3.8) is 0 Å². The van der Waals surface area contributed by atoms with E-state index in [1.54, 1.807) is 0 Å². The molecule has 0 aromatic heterocycles. The van der Waals surface area contributed by atoms with Crippen LogP contribution in [-0.2, 0) is 0 Å². The minimum Gasteiger partial charge on any atom is -0.328 e. The molecule has 0 saturated heterocycles. The summed E-state index contributed by atoms with van der Waals surface area (Å²) in [5.74, 6) is 0. The molecule has 0 bridgehead atoms. The van der Waals surface area contributed by atoms with Crippen LogP contribution >= 0.6 is 0 Å². The Bertz CT molecular complexity index is 199. The van der Waals surface area contributed by atoms with Crippen molar-refractivity contribution in [1.29, 1.82) is 0 Å². The molecule has 2 aliphatic carbocycles. The van der Waals surface area contributed by atoms with Gasteiger partial charge in [-0.25, -0.2) is 0 Å². The normalized spacial score (nSPS) is 33.2. The van der Waals surface area contributed by atoms with Gasteiger partial charge in [-0.2, -0.15) is 0 Å². The van der Waals surface area contributed by atoms with Crippen molar-refractivity contribution in [3.8, 4) is 0 Å². The lowest BCUT2D eigenvalue weighted by Crippen LogP contribution is -2.48. The van der Waals surface area contributed by atoms with Gasteiger partial charge in [-0.3, -0.25) is 4.90 Å². The van der Waals surface area contributed by atoms with Crippen molar-refractivity contribution < 1.29 is 0 Å². The van der Waals surface area contributed by atoms with Crippen LogP contribution in [0.25, 0.3) is 0 Å². The summed E-state index contributed by atoms with van der Waals surface area (Å²) in [4.78, 5) is 2.78. The molecule has 0 spiro atoms. The summed E-state index contributed by atoms with van der Waals surface area (Å²) in [7, 11) is 0. The molecule has 0 aromatic carbocycles. The number of hydrogen-bond acceptors (Lipinski definition) is 2. The lowest BCUT2D eigenvalue weighted by molar-refractivity contribution is 0.0820. The molecule has 2 aliphatic rings. The Morgan fingerprint density at radius 2 is 1.62 bits per heavy atom. The van der Waals surface area contributed by atoms with E-state index in [0.29, 0.717) is 6.04 Å². The molecule has 2 N–H and O–H groups in total. The van der Waals surface area contributed by atoms with Crippen LogP contribution in [0, 0.1) is 0 Å². The van der Waals surface area contributed by atoms with E-state index in [9.17, 15) is 0 Å². The number of nitrogens with zero attached hydrogens (tertiary/aromatic N) is 1. The molecule has 0 aromatic rings. The quantitative estimate of drug-likeness (QED) is 0.798. The van der Waals surface area contributed by atoms with Crippen LogP contribution in [0.1, 0.15) is 64.7 Å². The van der Waals surface area contributed by atoms with Gasteiger partial charge in [0.1, 0.15) is 0 Å². The highest BCUT2D eigenvalue weighted by molar-refractivity contribution is 4.86. The predicted octanol–water partition coefficient (Wildman–Crippen LogP) is 2.91. The van der Waals surface area contributed by atoms with E-state index in [1.165, 1.54) is 64.3 Å². The first-order valence-corrected chi connectivity index (χ1v) is 7.32. The number of nitrogens with two attached hydrogens (primary N) is 1. The Hall–Kier alpha value is -0.0800. The molecule has 2 atom stereocenters. The van der Waals surface area contributed by atoms with Gasteiger partial charge >= 0.3 is 0 Å². The second-order valence-corrected chi connectivity index (χ2v) is 5.70. The third-order valence-corrected chi connectivity index (χ3v) is 4.56. The van der Waals surface area contributed by atoms with E-state index in [0.717, 1.165) is 12.1 Å². The molecule has 0 radical (unpaired) electrons. The summed E-state index contributed by atoms with van der Waals surface area (Å²) in [6, 6.07) is 2.13. The molecule has 94 valence electrons. The van der Waals surface area contributed by atoms with Gasteiger partial charge in [-0.1, -0.05) is 32.6 Å². The summed E-state index contributed by atoms with van der Waals surface area (Å²) in [5.41, 5.74) is 6.12. The fraction of sp³-hybridized carbons (Fsp3) is 1.00. The predicted molar refractivity (Wildman–Crippen MR) is 69.5 cm³/mol. The van der Waals surface area contributed by atoms with Gasteiger partial charge in [0.2, 0.25) is 0 Å². The van der Waals surface area contributed by atoms with E-state index >= 15 is 0 Å². The highest BCUT2D eigenvalue weighted by atomic mass is 15.2. The number of rotatable bonds is 3. The topological polar surface area (TPSA) is 29.3 Å². The highest BCUT2D eigenvalue weighted by Crippen LogP contribution is 2.29. The largest absolute Gasteiger partial charge is 0.328 e. The molecule has 2 unspecified atom stereocenters. The summed E-state index contributed by atoms with van der Waals surface area (Å²) >= 11 is 0. The molecule has 0 heterocycles. The SMILES string of the molecule is CCN(C1CCCCC1)C1CCCC(N)C1. The van der Waals surface area contributed by atoms with Crippen LogP contribution in [0.3, 0.4) is 0 Å². The molecule has 0 amide bonds. The summed E-state index contributed by atoms with van der Waals surface area (Å²) in [6.07, 6.45) is 12.4. The van der Waals surface area contributed by atoms with Crippen molar-refractivity contribution in [1.82, 2.24) is 4.90 Å². The van der Waals surface area contributed by atoms with Crippen molar-refractivity contribution in [2.45, 2.75) is 82.8 Å². The van der Waals surface area contributed by atoms with Crippen LogP contribution in [-0.4, -0.2) is 29.6 Å². The summed E-state index contributed by atoms with van der Waals surface area (Å²) in [5, 5.41) is 0. The molecule has 0 aliphatic heterocycles. The van der Waals surface area contributed by atoms with E-state index in [2.05, 4.69) is 11.8 Å². The fourth-order valence-electron chi connectivity index (χ4n) is 3.73. The van der Waals surface area contributed by atoms with Gasteiger partial charge in [0.05, 0.1) is 0 Å². The van der Waals surface area contributed by atoms with Crippen LogP contribution in [0.5, 0.6) is 0 Å². The van der Waals surface area contributed by atoms with Crippen molar-refractivity contribution >= 4 is 0 Å². The molecule has 2 saturated carbocycles. The first-order chi connectivity index (χ1) is 7.81. The second kappa shape index (κ2) is 6.02. The van der Waals surface area contributed by atoms with Crippen LogP contribution < -0.4 is 5.73 Å². The van der Waals surface area contributed by atoms with Crippen LogP contribution in [0.2, 0.25) is 0 Å². The Morgan fingerprint density at radius 3 is 2.25 bits per heavy atom. The Labute approximate surface area is 101 Å². The zero-order chi connectivity index (χ0) is 11.4. The first kappa shape index (κ1) is 12.4. The third-order valence-electron chi connectivity index (χ3n) is 4.56. The molecular formula is C14H28N2. The summed E-state index contributed by atoms with van der Waals surface area (Å²) < 4.78 is 0. The van der Waals surface area contributed by atoms with E-state index < -0.39 is 0 Å². The van der Waals surface area contributed by atoms with E-state index in [-0.39, 0.29) is 0 Å². The van der Waals surface area contributed by atoms with Gasteiger partial charge in [0.15, 0.2) is 0 Å². The fourth-order valence-corrected chi connectivity index (χ4v) is 3.73. The van der Waals surface area contributed by atoms with Gasteiger partial charge < -0.3 is 5.73 Å². The summed E-state index contributed by atoms with van der Waals surface area (Å²) in [6.45, 7) is 3.55. The maximum absolute atomic E-state index is 6.12. The van der Waals surface area contributed by atoms with Crippen molar-refractivity contribution in [2.75, 3.05) is 6.54 Å². The maximum atomic E-state index is 6.12. The minimum atomic E-state index is 0.469. The standard InChI is InChI=1S/C14H28N2/c1-2-16(13-8-4-3-5-9-13)14-10-6-7-12(15)11-14/h12-14H,2-11,15H2,1H3. The average molecular weight is 224 g/mol. The highest BCUT2D eigenvalue weighted by Gasteiger charge is 2.29. The van der Waals surface area contributed by atoms with E-state index in [1.807, 2.05) is 0 Å². The zero-order valence-corrected chi connectivity index (χ0v) is 10.8. The molecule has 16 heavy (non-hydrogen) atoms. The first-order valence-electron chi connectivity index (χ1n) is 7.32. The van der Waals surface area contributed by atoms with Gasteiger partial charge in [0.25, 0.3) is 0 Å². The van der Waals surface area contributed by atoms with Crippen LogP contribution in [0.15, 0.2) is 0 Å². The van der Waals surface area contributed by atoms with E-state index in [4.69, 9.17) is 5.73 Å². The number of hydrogen-bond donors (Lipinski definition) is 1. The average Bonchev–Trinajstić information content (AvgIpc) is 2.31. The smallest absolute Gasteiger partial charge is 0.0113 e. The van der Waals surface area contributed by atoms with Crippen LogP contribution in [0.4, 0.5) is 0 Å². The van der Waals surface area contributed by atoms with Crippen molar-refractivity contribution in [3.05, 3.63) is 0 Å². The lowest BCUT2D eigenvalue weighted by atomic mass is 9.87.